The zero-order chi connectivity index (χ0) is 14.4. The van der Waals surface area contributed by atoms with Crippen molar-refractivity contribution in [3.63, 3.8) is 0 Å². The molecule has 1 rings (SSSR count). The number of nitrogens with zero attached hydrogens (tertiary/aromatic N) is 1. The molecule has 0 radical (unpaired) electrons. The fourth-order valence-electron chi connectivity index (χ4n) is 1.39. The predicted octanol–water partition coefficient (Wildman–Crippen LogP) is 2.27. The standard InChI is InChI=1S/C12H16N2O5/c1-3-4-19-11-6-9(13-8(2)12(15)16)5-10(7-11)14(17)18/h5-8,13H,3-4H2,1-2H3,(H,15,16). The maximum atomic E-state index is 10.8. The molecular formula is C12H16N2O5. The highest BCUT2D eigenvalue weighted by Gasteiger charge is 2.15. The molecule has 7 nitrogen and oxygen atoms in total. The second-order valence-corrected chi connectivity index (χ2v) is 4.03. The molecule has 0 fully saturated rings. The maximum Gasteiger partial charge on any atom is 0.325 e. The van der Waals surface area contributed by atoms with Crippen molar-refractivity contribution in [2.75, 3.05) is 11.9 Å². The summed E-state index contributed by atoms with van der Waals surface area (Å²) in [6.45, 7) is 3.81. The van der Waals surface area contributed by atoms with Crippen LogP contribution in [0.5, 0.6) is 5.75 Å². The minimum absolute atomic E-state index is 0.145. The van der Waals surface area contributed by atoms with E-state index in [9.17, 15) is 14.9 Å². The SMILES string of the molecule is CCCOc1cc(NC(C)C(=O)O)cc([N+](=O)[O-])c1. The molecular weight excluding hydrogens is 252 g/mol. The van der Waals surface area contributed by atoms with Crippen molar-refractivity contribution in [2.45, 2.75) is 26.3 Å². The van der Waals surface area contributed by atoms with Gasteiger partial charge >= 0.3 is 5.97 Å². The van der Waals surface area contributed by atoms with Gasteiger partial charge in [-0.1, -0.05) is 6.92 Å². The quantitative estimate of drug-likeness (QED) is 0.581. The highest BCUT2D eigenvalue weighted by Crippen LogP contribution is 2.26. The third-order valence-electron chi connectivity index (χ3n) is 2.33. The van der Waals surface area contributed by atoms with Crippen LogP contribution in [0.1, 0.15) is 20.3 Å². The van der Waals surface area contributed by atoms with Crippen LogP contribution < -0.4 is 10.1 Å². The number of nitrogens with one attached hydrogen (secondary N) is 1. The molecule has 7 heteroatoms. The third-order valence-corrected chi connectivity index (χ3v) is 2.33. The summed E-state index contributed by atoms with van der Waals surface area (Å²) in [4.78, 5) is 21.0. The molecule has 0 saturated heterocycles. The van der Waals surface area contributed by atoms with E-state index in [1.807, 2.05) is 6.92 Å². The lowest BCUT2D eigenvalue weighted by molar-refractivity contribution is -0.384. The van der Waals surface area contributed by atoms with Gasteiger partial charge in [0.25, 0.3) is 5.69 Å². The number of carboxylic acid groups (broad SMARTS) is 1. The number of hydrogen-bond donors (Lipinski definition) is 2. The molecule has 0 amide bonds. The van der Waals surface area contributed by atoms with E-state index in [0.717, 1.165) is 6.42 Å². The van der Waals surface area contributed by atoms with Crippen molar-refractivity contribution in [2.24, 2.45) is 0 Å². The fourth-order valence-corrected chi connectivity index (χ4v) is 1.39. The highest BCUT2D eigenvalue weighted by atomic mass is 16.6. The smallest absolute Gasteiger partial charge is 0.325 e. The van der Waals surface area contributed by atoms with Crippen LogP contribution in [0.25, 0.3) is 0 Å². The first-order valence-corrected chi connectivity index (χ1v) is 5.85. The van der Waals surface area contributed by atoms with Gasteiger partial charge in [-0.3, -0.25) is 14.9 Å². The van der Waals surface area contributed by atoms with Crippen molar-refractivity contribution in [1.82, 2.24) is 0 Å². The van der Waals surface area contributed by atoms with Crippen molar-refractivity contribution in [3.8, 4) is 5.75 Å². The Morgan fingerprint density at radius 3 is 2.74 bits per heavy atom. The first-order chi connectivity index (χ1) is 8.93. The molecule has 0 aliphatic heterocycles. The van der Waals surface area contributed by atoms with Crippen LogP contribution in [0.3, 0.4) is 0 Å². The van der Waals surface area contributed by atoms with Gasteiger partial charge in [-0.15, -0.1) is 0 Å². The molecule has 0 spiro atoms. The Kier molecular flexibility index (Phi) is 5.11. The number of hydrogen-bond acceptors (Lipinski definition) is 5. The molecule has 0 aliphatic carbocycles. The second-order valence-electron chi connectivity index (χ2n) is 4.03. The zero-order valence-corrected chi connectivity index (χ0v) is 10.8. The van der Waals surface area contributed by atoms with E-state index in [1.54, 1.807) is 6.07 Å². The monoisotopic (exact) mass is 268 g/mol. The number of anilines is 1. The Morgan fingerprint density at radius 1 is 1.53 bits per heavy atom. The third kappa shape index (κ3) is 4.46. The first kappa shape index (κ1) is 14.7. The molecule has 1 aromatic carbocycles. The van der Waals surface area contributed by atoms with Crippen molar-refractivity contribution < 1.29 is 19.6 Å². The number of ether oxygens (including phenoxy) is 1. The average Bonchev–Trinajstić information content (AvgIpc) is 2.35. The molecule has 1 aromatic rings. The normalized spacial score (nSPS) is 11.7. The number of carbonyl (C=O) groups is 1. The predicted molar refractivity (Wildman–Crippen MR) is 69.6 cm³/mol. The summed E-state index contributed by atoms with van der Waals surface area (Å²) in [6.07, 6.45) is 0.775. The maximum absolute atomic E-state index is 10.8. The molecule has 1 atom stereocenters. The minimum atomic E-state index is -1.04. The van der Waals surface area contributed by atoms with E-state index in [2.05, 4.69) is 5.32 Å². The number of benzene rings is 1. The van der Waals surface area contributed by atoms with Gasteiger partial charge in [-0.25, -0.2) is 0 Å². The lowest BCUT2D eigenvalue weighted by Gasteiger charge is -2.12. The molecule has 1 unspecified atom stereocenters. The largest absolute Gasteiger partial charge is 0.493 e. The van der Waals surface area contributed by atoms with Gasteiger partial charge < -0.3 is 15.2 Å². The number of rotatable bonds is 7. The molecule has 0 aliphatic rings. The van der Waals surface area contributed by atoms with Crippen LogP contribution in [0, 0.1) is 10.1 Å². The molecule has 2 N–H and O–H groups in total. The van der Waals surface area contributed by atoms with Crippen LogP contribution in [-0.2, 0) is 4.79 Å². The van der Waals surface area contributed by atoms with Crippen LogP contribution in [0.15, 0.2) is 18.2 Å². The molecule has 19 heavy (non-hydrogen) atoms. The number of nitro groups is 1. The summed E-state index contributed by atoms with van der Waals surface area (Å²) in [5, 5.41) is 22.3. The number of carboxylic acids is 1. The van der Waals surface area contributed by atoms with Gasteiger partial charge in [-0.05, 0) is 13.3 Å². The summed E-state index contributed by atoms with van der Waals surface area (Å²) in [5.74, 6) is -0.696. The summed E-state index contributed by atoms with van der Waals surface area (Å²) in [7, 11) is 0. The van der Waals surface area contributed by atoms with Gasteiger partial charge in [0, 0.05) is 17.8 Å². The molecule has 0 aromatic heterocycles. The summed E-state index contributed by atoms with van der Waals surface area (Å²) >= 11 is 0. The number of nitro benzene ring substituents is 1. The van der Waals surface area contributed by atoms with Crippen LogP contribution in [-0.4, -0.2) is 28.6 Å². The van der Waals surface area contributed by atoms with Crippen LogP contribution >= 0.6 is 0 Å². The van der Waals surface area contributed by atoms with Crippen LogP contribution in [0.2, 0.25) is 0 Å². The summed E-state index contributed by atoms with van der Waals surface area (Å²) < 4.78 is 5.34. The Hall–Kier alpha value is -2.31. The molecule has 104 valence electrons. The van der Waals surface area contributed by atoms with E-state index in [-0.39, 0.29) is 5.69 Å². The lowest BCUT2D eigenvalue weighted by atomic mass is 10.2. The van der Waals surface area contributed by atoms with Crippen molar-refractivity contribution in [1.29, 1.82) is 0 Å². The number of non-ortho nitro benzene ring substituents is 1. The number of aliphatic carboxylic acids is 1. The van der Waals surface area contributed by atoms with Gasteiger partial charge in [0.05, 0.1) is 17.6 Å². The van der Waals surface area contributed by atoms with Crippen LogP contribution in [0.4, 0.5) is 11.4 Å². The first-order valence-electron chi connectivity index (χ1n) is 5.85. The van der Waals surface area contributed by atoms with Crippen molar-refractivity contribution in [3.05, 3.63) is 28.3 Å². The van der Waals surface area contributed by atoms with E-state index in [1.165, 1.54) is 19.1 Å². The lowest BCUT2D eigenvalue weighted by Crippen LogP contribution is -2.25. The van der Waals surface area contributed by atoms with E-state index >= 15 is 0 Å². The fraction of sp³-hybridized carbons (Fsp3) is 0.417. The molecule has 0 bridgehead atoms. The van der Waals surface area contributed by atoms with Gasteiger partial charge in [0.2, 0.25) is 0 Å². The summed E-state index contributed by atoms with van der Waals surface area (Å²) in [6, 6.07) is 3.29. The van der Waals surface area contributed by atoms with E-state index in [4.69, 9.17) is 9.84 Å². The van der Waals surface area contributed by atoms with E-state index in [0.29, 0.717) is 18.0 Å². The van der Waals surface area contributed by atoms with Crippen molar-refractivity contribution >= 4 is 17.3 Å². The summed E-state index contributed by atoms with van der Waals surface area (Å²) in [5.41, 5.74) is 0.198. The topological polar surface area (TPSA) is 102 Å². The minimum Gasteiger partial charge on any atom is -0.493 e. The average molecular weight is 268 g/mol. The molecule has 0 saturated carbocycles. The Morgan fingerprint density at radius 2 is 2.21 bits per heavy atom. The molecule has 0 heterocycles. The van der Waals surface area contributed by atoms with Gasteiger partial charge in [-0.2, -0.15) is 0 Å². The zero-order valence-electron chi connectivity index (χ0n) is 10.8. The Balaban J connectivity index is 2.98. The Bertz CT molecular complexity index is 475. The highest BCUT2D eigenvalue weighted by molar-refractivity contribution is 5.77. The van der Waals surface area contributed by atoms with E-state index < -0.39 is 16.9 Å². The van der Waals surface area contributed by atoms with Gasteiger partial charge in [0.15, 0.2) is 0 Å². The second kappa shape index (κ2) is 6.58. The van der Waals surface area contributed by atoms with Gasteiger partial charge in [0.1, 0.15) is 11.8 Å². The Labute approximate surface area is 110 Å².